The number of rotatable bonds is 2. The summed E-state index contributed by atoms with van der Waals surface area (Å²) in [6.45, 7) is 0. The van der Waals surface area contributed by atoms with Gasteiger partial charge in [0.2, 0.25) is 0 Å². The molecule has 0 saturated heterocycles. The highest BCUT2D eigenvalue weighted by molar-refractivity contribution is 6.16. The summed E-state index contributed by atoms with van der Waals surface area (Å²) in [5.41, 5.74) is 1.17. The first-order chi connectivity index (χ1) is 6.83. The molecule has 0 atom stereocenters. The van der Waals surface area contributed by atoms with Gasteiger partial charge in [-0.1, -0.05) is 18.2 Å². The molecule has 0 aromatic heterocycles. The van der Waals surface area contributed by atoms with Crippen LogP contribution in [0.15, 0.2) is 30.5 Å². The average Bonchev–Trinajstić information content (AvgIpc) is 2.54. The molecule has 1 N–H and O–H groups in total. The minimum atomic E-state index is -0.409. The van der Waals surface area contributed by atoms with Gasteiger partial charge in [0.1, 0.15) is 6.26 Å². The van der Waals surface area contributed by atoms with E-state index in [-0.39, 0.29) is 0 Å². The highest BCUT2D eigenvalue weighted by Gasteiger charge is 2.25. The topological polar surface area (TPSA) is 55.8 Å². The van der Waals surface area contributed by atoms with Gasteiger partial charge in [-0.05, 0) is 6.07 Å². The van der Waals surface area contributed by atoms with Crippen molar-refractivity contribution >= 4 is 19.4 Å². The monoisotopic (exact) mass is 189 g/mol. The number of esters is 1. The molecule has 1 radical (unpaired) electrons. The third kappa shape index (κ3) is 1.38. The van der Waals surface area contributed by atoms with E-state index < -0.39 is 5.97 Å². The van der Waals surface area contributed by atoms with Crippen molar-refractivity contribution in [3.63, 3.8) is 0 Å². The third-order valence-electron chi connectivity index (χ3n) is 1.85. The summed E-state index contributed by atoms with van der Waals surface area (Å²) in [4.78, 5) is 11.2. The van der Waals surface area contributed by atoms with Crippen molar-refractivity contribution in [2.45, 2.75) is 0 Å². The summed E-state index contributed by atoms with van der Waals surface area (Å²) in [5, 5.41) is 8.31. The molecule has 0 fully saturated rings. The minimum Gasteiger partial charge on any atom is -0.540 e. The molecule has 69 valence electrons. The molecule has 1 aliphatic heterocycles. The summed E-state index contributed by atoms with van der Waals surface area (Å²) >= 11 is 0. The number of benzene rings is 1. The summed E-state index contributed by atoms with van der Waals surface area (Å²) in [5.74, 6) is -0.107. The number of carbonyl (C=O) groups excluding carboxylic acids is 1. The zero-order chi connectivity index (χ0) is 9.97. The van der Waals surface area contributed by atoms with Crippen LogP contribution in [0.4, 0.5) is 0 Å². The average molecular weight is 189 g/mol. The van der Waals surface area contributed by atoms with Crippen LogP contribution in [-0.2, 0) is 9.39 Å². The van der Waals surface area contributed by atoms with Crippen LogP contribution < -0.4 is 0 Å². The van der Waals surface area contributed by atoms with Crippen molar-refractivity contribution in [2.24, 2.45) is 0 Å². The summed E-state index contributed by atoms with van der Waals surface area (Å²) in [6, 6.07) is 6.95. The lowest BCUT2D eigenvalue weighted by molar-refractivity contribution is 0.0712. The Morgan fingerprint density at radius 3 is 2.79 bits per heavy atom. The van der Waals surface area contributed by atoms with Crippen LogP contribution in [0.2, 0.25) is 0 Å². The summed E-state index contributed by atoms with van der Waals surface area (Å²) in [7, 11) is 0.516. The van der Waals surface area contributed by atoms with Crippen LogP contribution in [0.1, 0.15) is 15.9 Å². The van der Waals surface area contributed by atoms with Gasteiger partial charge in [-0.15, -0.1) is 0 Å². The molecule has 1 aromatic carbocycles. The molecule has 0 spiro atoms. The lowest BCUT2D eigenvalue weighted by atomic mass is 10.1. The second-order valence-electron chi connectivity index (χ2n) is 2.66. The first-order valence-electron chi connectivity index (χ1n) is 3.96. The molecule has 14 heavy (non-hydrogen) atoms. The van der Waals surface area contributed by atoms with Crippen molar-refractivity contribution in [2.75, 3.05) is 0 Å². The van der Waals surface area contributed by atoms with Crippen LogP contribution in [-0.4, -0.2) is 18.7 Å². The Labute approximate surface area is 81.1 Å². The van der Waals surface area contributed by atoms with E-state index in [0.717, 1.165) is 0 Å². The minimum absolute atomic E-state index is 0.302. The van der Waals surface area contributed by atoms with Crippen LogP contribution in [0.3, 0.4) is 0 Å². The van der Waals surface area contributed by atoms with E-state index in [2.05, 4.69) is 4.65 Å². The second-order valence-corrected chi connectivity index (χ2v) is 2.66. The number of ether oxygens (including phenoxy) is 1. The summed E-state index contributed by atoms with van der Waals surface area (Å²) in [6.07, 6.45) is 1.17. The number of cyclic esters (lactones) is 1. The van der Waals surface area contributed by atoms with Gasteiger partial charge in [-0.3, -0.25) is 0 Å². The van der Waals surface area contributed by atoms with Gasteiger partial charge >= 0.3 is 13.7 Å². The Morgan fingerprint density at radius 2 is 2.07 bits per heavy atom. The van der Waals surface area contributed by atoms with Gasteiger partial charge < -0.3 is 14.4 Å². The largest absolute Gasteiger partial charge is 0.569 e. The smallest absolute Gasteiger partial charge is 0.540 e. The number of carbonyl (C=O) groups is 1. The molecule has 0 aliphatic carbocycles. The standard InChI is InChI=1S/C9H6BO4/c11-9-7-4-2-1-3-6(7)8(14-9)5-13-10-12/h1-5,12H/b8-5+. The molecule has 1 heterocycles. The molecule has 4 nitrogen and oxygen atoms in total. The van der Waals surface area contributed by atoms with Crippen molar-refractivity contribution in [1.29, 1.82) is 0 Å². The normalized spacial score (nSPS) is 16.4. The highest BCUT2D eigenvalue weighted by Crippen LogP contribution is 2.28. The van der Waals surface area contributed by atoms with Crippen molar-refractivity contribution < 1.29 is 19.2 Å². The van der Waals surface area contributed by atoms with E-state index in [1.165, 1.54) is 6.26 Å². The predicted molar refractivity (Wildman–Crippen MR) is 48.9 cm³/mol. The van der Waals surface area contributed by atoms with Crippen LogP contribution >= 0.6 is 0 Å². The molecule has 1 aromatic rings. The lowest BCUT2D eigenvalue weighted by Gasteiger charge is -1.97. The number of hydrogen-bond donors (Lipinski definition) is 1. The van der Waals surface area contributed by atoms with E-state index in [0.29, 0.717) is 24.6 Å². The van der Waals surface area contributed by atoms with Crippen molar-refractivity contribution in [3.8, 4) is 0 Å². The maximum atomic E-state index is 11.2. The van der Waals surface area contributed by atoms with Gasteiger partial charge in [-0.2, -0.15) is 0 Å². The van der Waals surface area contributed by atoms with Gasteiger partial charge in [0.05, 0.1) is 5.56 Å². The SMILES string of the molecule is O=C1O/C(=C/O[B]O)c2ccccc21. The van der Waals surface area contributed by atoms with E-state index in [4.69, 9.17) is 9.76 Å². The van der Waals surface area contributed by atoms with Crippen LogP contribution in [0, 0.1) is 0 Å². The third-order valence-corrected chi connectivity index (χ3v) is 1.85. The molecule has 0 amide bonds. The van der Waals surface area contributed by atoms with Gasteiger partial charge in [-0.25, -0.2) is 4.79 Å². The van der Waals surface area contributed by atoms with Crippen molar-refractivity contribution in [1.82, 2.24) is 0 Å². The van der Waals surface area contributed by atoms with E-state index >= 15 is 0 Å². The number of hydrogen-bond acceptors (Lipinski definition) is 4. The zero-order valence-corrected chi connectivity index (χ0v) is 7.14. The zero-order valence-electron chi connectivity index (χ0n) is 7.14. The van der Waals surface area contributed by atoms with E-state index in [1.54, 1.807) is 24.3 Å². The molecule has 5 heteroatoms. The first-order valence-corrected chi connectivity index (χ1v) is 3.96. The van der Waals surface area contributed by atoms with Gasteiger partial charge in [0.25, 0.3) is 0 Å². The van der Waals surface area contributed by atoms with Gasteiger partial charge in [0.15, 0.2) is 5.76 Å². The maximum absolute atomic E-state index is 11.2. The molecular weight excluding hydrogens is 183 g/mol. The van der Waals surface area contributed by atoms with E-state index in [9.17, 15) is 4.79 Å². The fourth-order valence-electron chi connectivity index (χ4n) is 1.27. The highest BCUT2D eigenvalue weighted by atomic mass is 16.6. The fourth-order valence-corrected chi connectivity index (χ4v) is 1.27. The fraction of sp³-hybridized carbons (Fsp3) is 0. The Bertz CT molecular complexity index is 400. The summed E-state index contributed by atoms with van der Waals surface area (Å²) < 4.78 is 9.41. The Kier molecular flexibility index (Phi) is 2.24. The molecule has 0 saturated carbocycles. The first kappa shape index (κ1) is 8.84. The maximum Gasteiger partial charge on any atom is 0.569 e. The lowest BCUT2D eigenvalue weighted by Crippen LogP contribution is -1.93. The molecule has 0 bridgehead atoms. The predicted octanol–water partition coefficient (Wildman–Crippen LogP) is 0.698. The second kappa shape index (κ2) is 3.55. The van der Waals surface area contributed by atoms with Crippen molar-refractivity contribution in [3.05, 3.63) is 41.7 Å². The Morgan fingerprint density at radius 1 is 1.36 bits per heavy atom. The Hall–Kier alpha value is -1.75. The van der Waals surface area contributed by atoms with Crippen LogP contribution in [0.5, 0.6) is 0 Å². The van der Waals surface area contributed by atoms with Crippen LogP contribution in [0.25, 0.3) is 5.76 Å². The Balaban J connectivity index is 2.39. The van der Waals surface area contributed by atoms with E-state index in [1.807, 2.05) is 0 Å². The molecule has 0 unspecified atom stereocenters. The molecule has 2 rings (SSSR count). The van der Waals surface area contributed by atoms with Gasteiger partial charge in [0, 0.05) is 5.56 Å². The molecular formula is C9H6BO4. The quantitative estimate of drug-likeness (QED) is 0.422. The number of fused-ring (bicyclic) bond motifs is 1. The molecule has 1 aliphatic rings.